The first kappa shape index (κ1) is 22.8. The molecule has 9 nitrogen and oxygen atoms in total. The molecule has 1 unspecified atom stereocenters. The van der Waals surface area contributed by atoms with Crippen LogP contribution in [0.1, 0.15) is 15.9 Å². The molecule has 0 radical (unpaired) electrons. The first-order chi connectivity index (χ1) is 16.4. The molecule has 0 aliphatic carbocycles. The Bertz CT molecular complexity index is 1360. The van der Waals surface area contributed by atoms with Crippen LogP contribution in [0.2, 0.25) is 5.02 Å². The van der Waals surface area contributed by atoms with Crippen LogP contribution in [-0.4, -0.2) is 34.1 Å². The lowest BCUT2D eigenvalue weighted by molar-refractivity contribution is -0.145. The van der Waals surface area contributed by atoms with Crippen LogP contribution in [-0.2, 0) is 11.2 Å². The summed E-state index contributed by atoms with van der Waals surface area (Å²) in [7, 11) is 0. The van der Waals surface area contributed by atoms with Crippen molar-refractivity contribution in [3.8, 4) is 5.75 Å². The maximum Gasteiger partial charge on any atom is 0.345 e. The minimum atomic E-state index is -1.15. The zero-order valence-electron chi connectivity index (χ0n) is 17.5. The summed E-state index contributed by atoms with van der Waals surface area (Å²) in [5.74, 6) is -1.62. The van der Waals surface area contributed by atoms with Crippen molar-refractivity contribution in [1.29, 1.82) is 0 Å². The number of anilines is 1. The number of oxazole rings is 1. The third kappa shape index (κ3) is 5.51. The SMILES string of the molecule is O=C(NC(=O)c1ccc2ncoc2c1)Nc1ccc(OC(Cc2ccccc2)C(=O)O)c(Cl)c1. The lowest BCUT2D eigenvalue weighted by Crippen LogP contribution is -2.34. The second-order valence-electron chi connectivity index (χ2n) is 7.22. The molecule has 1 aromatic heterocycles. The average Bonchev–Trinajstić information content (AvgIpc) is 3.28. The van der Waals surface area contributed by atoms with Crippen LogP contribution < -0.4 is 15.4 Å². The Kier molecular flexibility index (Phi) is 6.74. The van der Waals surface area contributed by atoms with Crippen molar-refractivity contribution in [3.05, 3.63) is 89.3 Å². The number of hydrogen-bond acceptors (Lipinski definition) is 6. The van der Waals surface area contributed by atoms with E-state index in [1.165, 1.54) is 36.7 Å². The molecule has 4 rings (SSSR count). The van der Waals surface area contributed by atoms with Crippen molar-refractivity contribution in [3.63, 3.8) is 0 Å². The molecule has 0 aliphatic heterocycles. The topological polar surface area (TPSA) is 131 Å². The molecule has 3 amide bonds. The van der Waals surface area contributed by atoms with E-state index in [0.717, 1.165) is 5.56 Å². The van der Waals surface area contributed by atoms with Gasteiger partial charge in [0.25, 0.3) is 5.91 Å². The quantitative estimate of drug-likeness (QED) is 0.355. The number of benzene rings is 3. The van der Waals surface area contributed by atoms with Gasteiger partial charge in [0.2, 0.25) is 0 Å². The number of carboxylic acids is 1. The molecule has 0 fully saturated rings. The predicted molar refractivity (Wildman–Crippen MR) is 124 cm³/mol. The van der Waals surface area contributed by atoms with Crippen LogP contribution in [0.3, 0.4) is 0 Å². The number of carbonyl (C=O) groups is 3. The molecule has 10 heteroatoms. The van der Waals surface area contributed by atoms with Crippen LogP contribution in [0.4, 0.5) is 10.5 Å². The Hall–Kier alpha value is -4.37. The van der Waals surface area contributed by atoms with Crippen LogP contribution in [0.15, 0.2) is 77.5 Å². The van der Waals surface area contributed by atoms with Gasteiger partial charge in [0.15, 0.2) is 18.1 Å². The summed E-state index contributed by atoms with van der Waals surface area (Å²) in [5.41, 5.74) is 2.31. The maximum absolute atomic E-state index is 12.3. The van der Waals surface area contributed by atoms with E-state index in [4.69, 9.17) is 20.8 Å². The summed E-state index contributed by atoms with van der Waals surface area (Å²) in [5, 5.41) is 14.3. The molecule has 3 N–H and O–H groups in total. The first-order valence-corrected chi connectivity index (χ1v) is 10.5. The van der Waals surface area contributed by atoms with E-state index < -0.39 is 24.0 Å². The number of aromatic nitrogens is 1. The number of nitrogens with zero attached hydrogens (tertiary/aromatic N) is 1. The van der Waals surface area contributed by atoms with Gasteiger partial charge in [-0.2, -0.15) is 0 Å². The third-order valence-corrected chi connectivity index (χ3v) is 5.11. The van der Waals surface area contributed by atoms with Crippen molar-refractivity contribution < 1.29 is 28.6 Å². The minimum Gasteiger partial charge on any atom is -0.478 e. The molecule has 0 aliphatic rings. The number of imide groups is 1. The van der Waals surface area contributed by atoms with Crippen molar-refractivity contribution in [1.82, 2.24) is 10.3 Å². The van der Waals surface area contributed by atoms with Crippen molar-refractivity contribution in [2.75, 3.05) is 5.32 Å². The van der Waals surface area contributed by atoms with Crippen LogP contribution in [0.25, 0.3) is 11.1 Å². The van der Waals surface area contributed by atoms with Crippen molar-refractivity contribution in [2.45, 2.75) is 12.5 Å². The Morgan fingerprint density at radius 1 is 1.06 bits per heavy atom. The van der Waals surface area contributed by atoms with Gasteiger partial charge in [-0.25, -0.2) is 14.6 Å². The molecule has 1 atom stereocenters. The Morgan fingerprint density at radius 2 is 1.85 bits per heavy atom. The van der Waals surface area contributed by atoms with Crippen LogP contribution in [0.5, 0.6) is 5.75 Å². The molecular formula is C24H18ClN3O6. The lowest BCUT2D eigenvalue weighted by atomic mass is 10.1. The molecule has 0 saturated heterocycles. The fourth-order valence-electron chi connectivity index (χ4n) is 3.17. The van der Waals surface area contributed by atoms with E-state index in [1.54, 1.807) is 18.2 Å². The number of hydrogen-bond donors (Lipinski definition) is 3. The number of urea groups is 1. The summed E-state index contributed by atoms with van der Waals surface area (Å²) in [6.45, 7) is 0. The van der Waals surface area contributed by atoms with E-state index in [-0.39, 0.29) is 28.4 Å². The number of carboxylic acid groups (broad SMARTS) is 1. The Labute approximate surface area is 198 Å². The van der Waals surface area contributed by atoms with Gasteiger partial charge in [0, 0.05) is 17.7 Å². The largest absolute Gasteiger partial charge is 0.478 e. The standard InChI is InChI=1S/C24H18ClN3O6/c25-17-12-16(7-9-19(17)34-21(23(30)31)10-14-4-2-1-3-5-14)27-24(32)28-22(29)15-6-8-18-20(11-15)33-13-26-18/h1-9,11-13,21H,10H2,(H,30,31)(H2,27,28,29,32). The van der Waals surface area contributed by atoms with E-state index >= 15 is 0 Å². The minimum absolute atomic E-state index is 0.0965. The Morgan fingerprint density at radius 3 is 2.59 bits per heavy atom. The molecule has 1 heterocycles. The average molecular weight is 480 g/mol. The van der Waals surface area contributed by atoms with Crippen LogP contribution >= 0.6 is 11.6 Å². The predicted octanol–water partition coefficient (Wildman–Crippen LogP) is 4.52. The molecule has 34 heavy (non-hydrogen) atoms. The van der Waals surface area contributed by atoms with Gasteiger partial charge in [-0.05, 0) is 42.0 Å². The van der Waals surface area contributed by atoms with Gasteiger partial charge in [0.1, 0.15) is 11.3 Å². The number of aliphatic carboxylic acids is 1. The number of fused-ring (bicyclic) bond motifs is 1. The molecule has 0 saturated carbocycles. The van der Waals surface area contributed by atoms with Gasteiger partial charge in [-0.3, -0.25) is 10.1 Å². The molecule has 0 bridgehead atoms. The van der Waals surface area contributed by atoms with E-state index in [0.29, 0.717) is 11.1 Å². The lowest BCUT2D eigenvalue weighted by Gasteiger charge is -2.17. The number of nitrogens with one attached hydrogen (secondary N) is 2. The number of ether oxygens (including phenoxy) is 1. The van der Waals surface area contributed by atoms with Gasteiger partial charge in [-0.15, -0.1) is 0 Å². The van der Waals surface area contributed by atoms with Gasteiger partial charge in [-0.1, -0.05) is 41.9 Å². The fraction of sp³-hybridized carbons (Fsp3) is 0.0833. The molecular weight excluding hydrogens is 462 g/mol. The zero-order chi connectivity index (χ0) is 24.1. The summed E-state index contributed by atoms with van der Waals surface area (Å²) in [6, 6.07) is 17.2. The third-order valence-electron chi connectivity index (χ3n) is 4.82. The van der Waals surface area contributed by atoms with Gasteiger partial charge in [0.05, 0.1) is 5.02 Å². The number of rotatable bonds is 7. The highest BCUT2D eigenvalue weighted by Gasteiger charge is 2.21. The highest BCUT2D eigenvalue weighted by Crippen LogP contribution is 2.29. The highest BCUT2D eigenvalue weighted by atomic mass is 35.5. The van der Waals surface area contributed by atoms with Gasteiger partial charge < -0.3 is 19.6 Å². The van der Waals surface area contributed by atoms with E-state index in [2.05, 4.69) is 15.6 Å². The van der Waals surface area contributed by atoms with Crippen LogP contribution in [0, 0.1) is 0 Å². The highest BCUT2D eigenvalue weighted by molar-refractivity contribution is 6.32. The number of halogens is 1. The molecule has 172 valence electrons. The number of carbonyl (C=O) groups excluding carboxylic acids is 2. The molecule has 0 spiro atoms. The fourth-order valence-corrected chi connectivity index (χ4v) is 3.39. The summed E-state index contributed by atoms with van der Waals surface area (Å²) in [6.07, 6.45) is 0.259. The molecule has 3 aromatic carbocycles. The Balaban J connectivity index is 1.38. The summed E-state index contributed by atoms with van der Waals surface area (Å²) < 4.78 is 10.7. The summed E-state index contributed by atoms with van der Waals surface area (Å²) in [4.78, 5) is 40.2. The monoisotopic (exact) mass is 479 g/mol. The van der Waals surface area contributed by atoms with E-state index in [1.807, 2.05) is 18.2 Å². The second-order valence-corrected chi connectivity index (χ2v) is 7.63. The zero-order valence-corrected chi connectivity index (χ0v) is 18.3. The maximum atomic E-state index is 12.3. The van der Waals surface area contributed by atoms with Gasteiger partial charge >= 0.3 is 12.0 Å². The van der Waals surface area contributed by atoms with Crippen molar-refractivity contribution >= 4 is 46.3 Å². The molecule has 4 aromatic rings. The van der Waals surface area contributed by atoms with Crippen molar-refractivity contribution in [2.24, 2.45) is 0 Å². The first-order valence-electron chi connectivity index (χ1n) is 10.1. The smallest absolute Gasteiger partial charge is 0.345 e. The normalized spacial score (nSPS) is 11.6. The summed E-state index contributed by atoms with van der Waals surface area (Å²) >= 11 is 6.24. The van der Waals surface area contributed by atoms with E-state index in [9.17, 15) is 19.5 Å². The number of amides is 3. The second kappa shape index (κ2) is 10.1.